The molecule has 0 amide bonds. The van der Waals surface area contributed by atoms with Gasteiger partial charge in [-0.25, -0.2) is 9.37 Å². The minimum absolute atomic E-state index is 0.218. The van der Waals surface area contributed by atoms with Crippen molar-refractivity contribution in [2.24, 2.45) is 0 Å². The molecular formula is C15H11BrFN5O. The number of nitrogens with zero attached hydrogens (tertiary/aromatic N) is 4. The Bertz CT molecular complexity index is 943. The van der Waals surface area contributed by atoms with E-state index in [-0.39, 0.29) is 11.9 Å². The minimum Gasteiger partial charge on any atom is -0.489 e. The van der Waals surface area contributed by atoms with E-state index in [1.165, 1.54) is 6.07 Å². The van der Waals surface area contributed by atoms with E-state index in [9.17, 15) is 4.39 Å². The van der Waals surface area contributed by atoms with Crippen LogP contribution in [0.2, 0.25) is 0 Å². The minimum atomic E-state index is -0.218. The molecule has 5 rings (SSSR count). The molecule has 0 radical (unpaired) electrons. The highest BCUT2D eigenvalue weighted by atomic mass is 79.9. The van der Waals surface area contributed by atoms with Gasteiger partial charge in [0, 0.05) is 29.8 Å². The van der Waals surface area contributed by atoms with E-state index in [0.717, 1.165) is 22.2 Å². The van der Waals surface area contributed by atoms with Crippen LogP contribution < -0.4 is 10.1 Å². The first kappa shape index (κ1) is 13.2. The van der Waals surface area contributed by atoms with E-state index in [4.69, 9.17) is 4.74 Å². The van der Waals surface area contributed by atoms with Crippen molar-refractivity contribution < 1.29 is 9.13 Å². The number of ether oxygens (including phenoxy) is 1. The summed E-state index contributed by atoms with van der Waals surface area (Å²) in [5.74, 6) is 1.49. The first-order chi connectivity index (χ1) is 11.2. The highest BCUT2D eigenvalue weighted by molar-refractivity contribution is 9.10. The standard InChI is InChI=1S/C15H11BrFN5O/c16-9-5-19-15(22-6-20-21-14(9)22)18-4-8-10(17)1-2-11-13(8)7-3-12(7)23-11/h1-2,5-7,12H,3-4H2,(H,18,19)/t7-,12+/m0/s1. The Morgan fingerprint density at radius 3 is 3.26 bits per heavy atom. The van der Waals surface area contributed by atoms with Gasteiger partial charge >= 0.3 is 0 Å². The van der Waals surface area contributed by atoms with Crippen LogP contribution in [0, 0.1) is 5.82 Å². The van der Waals surface area contributed by atoms with Crippen molar-refractivity contribution in [1.29, 1.82) is 0 Å². The predicted octanol–water partition coefficient (Wildman–Crippen LogP) is 2.89. The molecule has 2 aromatic heterocycles. The quantitative estimate of drug-likeness (QED) is 0.762. The van der Waals surface area contributed by atoms with Crippen LogP contribution in [0.1, 0.15) is 23.5 Å². The number of hydrogen-bond donors (Lipinski definition) is 1. The van der Waals surface area contributed by atoms with E-state index in [0.29, 0.717) is 29.6 Å². The van der Waals surface area contributed by atoms with E-state index in [2.05, 4.69) is 36.4 Å². The Kier molecular flexibility index (Phi) is 2.67. The van der Waals surface area contributed by atoms with Crippen LogP contribution in [0.3, 0.4) is 0 Å². The number of anilines is 1. The molecule has 1 aromatic carbocycles. The van der Waals surface area contributed by atoms with Crippen LogP contribution >= 0.6 is 15.9 Å². The van der Waals surface area contributed by atoms with Crippen molar-refractivity contribution in [2.45, 2.75) is 25.0 Å². The summed E-state index contributed by atoms with van der Waals surface area (Å²) in [5.41, 5.74) is 2.31. The third-order valence-corrected chi connectivity index (χ3v) is 4.91. The molecule has 2 atom stereocenters. The molecule has 1 aliphatic heterocycles. The fraction of sp³-hybridized carbons (Fsp3) is 0.267. The summed E-state index contributed by atoms with van der Waals surface area (Å²) in [4.78, 5) is 4.32. The number of nitrogens with one attached hydrogen (secondary N) is 1. The highest BCUT2D eigenvalue weighted by Gasteiger charge is 2.49. The van der Waals surface area contributed by atoms with E-state index < -0.39 is 0 Å². The van der Waals surface area contributed by atoms with Crippen molar-refractivity contribution in [2.75, 3.05) is 5.32 Å². The summed E-state index contributed by atoms with van der Waals surface area (Å²) < 4.78 is 22.5. The van der Waals surface area contributed by atoms with Gasteiger partial charge in [0.25, 0.3) is 0 Å². The third-order valence-electron chi connectivity index (χ3n) is 4.35. The van der Waals surface area contributed by atoms with Crippen molar-refractivity contribution in [3.63, 3.8) is 0 Å². The molecule has 0 bridgehead atoms. The number of rotatable bonds is 3. The third kappa shape index (κ3) is 1.94. The van der Waals surface area contributed by atoms with Crippen LogP contribution in [0.15, 0.2) is 29.1 Å². The van der Waals surface area contributed by atoms with E-state index in [1.54, 1.807) is 23.0 Å². The molecule has 3 aromatic rings. The van der Waals surface area contributed by atoms with Crippen molar-refractivity contribution in [3.05, 3.63) is 46.1 Å². The number of aromatic nitrogens is 4. The maximum Gasteiger partial charge on any atom is 0.210 e. The lowest BCUT2D eigenvalue weighted by Gasteiger charge is -2.13. The smallest absolute Gasteiger partial charge is 0.210 e. The molecule has 3 heterocycles. The molecule has 0 unspecified atom stereocenters. The second-order valence-electron chi connectivity index (χ2n) is 5.74. The molecule has 1 saturated carbocycles. The summed E-state index contributed by atoms with van der Waals surface area (Å²) in [5, 5.41) is 11.1. The van der Waals surface area contributed by atoms with Crippen molar-refractivity contribution >= 4 is 27.5 Å². The molecule has 0 saturated heterocycles. The molecular weight excluding hydrogens is 365 g/mol. The average molecular weight is 376 g/mol. The van der Waals surface area contributed by atoms with Gasteiger partial charge in [0.2, 0.25) is 5.95 Å². The molecule has 6 nitrogen and oxygen atoms in total. The Morgan fingerprint density at radius 1 is 1.43 bits per heavy atom. The van der Waals surface area contributed by atoms with Gasteiger partial charge < -0.3 is 10.1 Å². The highest BCUT2D eigenvalue weighted by Crippen LogP contribution is 2.55. The number of halogens is 2. The van der Waals surface area contributed by atoms with E-state index in [1.807, 2.05) is 0 Å². The lowest BCUT2D eigenvalue weighted by atomic mass is 10.0. The SMILES string of the molecule is Fc1ccc2c(c1CNc1ncc(Br)c3nncn13)[C@H]1C[C@H]1O2. The zero-order valence-corrected chi connectivity index (χ0v) is 13.4. The molecule has 1 N–H and O–H groups in total. The lowest BCUT2D eigenvalue weighted by Crippen LogP contribution is -2.09. The molecule has 23 heavy (non-hydrogen) atoms. The van der Waals surface area contributed by atoms with Gasteiger partial charge in [0.15, 0.2) is 5.65 Å². The van der Waals surface area contributed by atoms with Crippen molar-refractivity contribution in [1.82, 2.24) is 19.6 Å². The Morgan fingerprint density at radius 2 is 2.35 bits per heavy atom. The maximum absolute atomic E-state index is 14.3. The number of fused-ring (bicyclic) bond motifs is 4. The average Bonchev–Trinajstić information content (AvgIpc) is 2.97. The predicted molar refractivity (Wildman–Crippen MR) is 84.0 cm³/mol. The van der Waals surface area contributed by atoms with Crippen LogP contribution in [-0.4, -0.2) is 25.7 Å². The summed E-state index contributed by atoms with van der Waals surface area (Å²) in [6, 6.07) is 3.18. The van der Waals surface area contributed by atoms with Crippen LogP contribution in [-0.2, 0) is 6.54 Å². The largest absolute Gasteiger partial charge is 0.489 e. The van der Waals surface area contributed by atoms with E-state index >= 15 is 0 Å². The van der Waals surface area contributed by atoms with Crippen molar-refractivity contribution in [3.8, 4) is 5.75 Å². The number of benzene rings is 1. The summed E-state index contributed by atoms with van der Waals surface area (Å²) in [7, 11) is 0. The van der Waals surface area contributed by atoms with Gasteiger partial charge in [0.1, 0.15) is 24.0 Å². The van der Waals surface area contributed by atoms with Gasteiger partial charge in [-0.2, -0.15) is 0 Å². The maximum atomic E-state index is 14.3. The lowest BCUT2D eigenvalue weighted by molar-refractivity contribution is 0.318. The van der Waals surface area contributed by atoms with Crippen LogP contribution in [0.5, 0.6) is 5.75 Å². The second-order valence-corrected chi connectivity index (χ2v) is 6.60. The van der Waals surface area contributed by atoms with Gasteiger partial charge in [-0.05, 0) is 34.5 Å². The van der Waals surface area contributed by atoms with Crippen LogP contribution in [0.4, 0.5) is 10.3 Å². The first-order valence-corrected chi connectivity index (χ1v) is 8.07. The molecule has 1 aliphatic carbocycles. The summed E-state index contributed by atoms with van der Waals surface area (Å²) in [6.45, 7) is 0.337. The fourth-order valence-electron chi connectivity index (χ4n) is 3.16. The molecule has 116 valence electrons. The molecule has 8 heteroatoms. The van der Waals surface area contributed by atoms with Gasteiger partial charge in [-0.3, -0.25) is 4.40 Å². The topological polar surface area (TPSA) is 64.3 Å². The molecule has 2 aliphatic rings. The zero-order valence-electron chi connectivity index (χ0n) is 11.8. The van der Waals surface area contributed by atoms with Crippen LogP contribution in [0.25, 0.3) is 5.65 Å². The van der Waals surface area contributed by atoms with Gasteiger partial charge in [-0.1, -0.05) is 0 Å². The van der Waals surface area contributed by atoms with Gasteiger partial charge in [-0.15, -0.1) is 10.2 Å². The second kappa shape index (κ2) is 4.64. The molecule has 0 spiro atoms. The monoisotopic (exact) mass is 375 g/mol. The summed E-state index contributed by atoms with van der Waals surface area (Å²) >= 11 is 3.38. The Hall–Kier alpha value is -2.22. The molecule has 1 fully saturated rings. The van der Waals surface area contributed by atoms with Gasteiger partial charge in [0.05, 0.1) is 4.47 Å². The number of hydrogen-bond acceptors (Lipinski definition) is 5. The first-order valence-electron chi connectivity index (χ1n) is 7.28. The summed E-state index contributed by atoms with van der Waals surface area (Å²) in [6.07, 6.45) is 4.44. The normalized spacial score (nSPS) is 21.0. The zero-order chi connectivity index (χ0) is 15.6. The fourth-order valence-corrected chi connectivity index (χ4v) is 3.54. The Balaban J connectivity index is 1.50. The Labute approximate surface area is 138 Å².